The van der Waals surface area contributed by atoms with Gasteiger partial charge in [0.15, 0.2) is 0 Å². The number of amides is 2. The number of nitrogens with zero attached hydrogens (tertiary/aromatic N) is 1. The lowest BCUT2D eigenvalue weighted by Gasteiger charge is -2.10. The minimum absolute atomic E-state index is 0.142. The van der Waals surface area contributed by atoms with Gasteiger partial charge < -0.3 is 25.7 Å². The van der Waals surface area contributed by atoms with Crippen LogP contribution in [0.2, 0.25) is 0 Å². The first kappa shape index (κ1) is 19.5. The molecule has 0 unspecified atom stereocenters. The second-order valence-corrected chi connectivity index (χ2v) is 5.81. The summed E-state index contributed by atoms with van der Waals surface area (Å²) in [4.78, 5) is 51.7. The molecule has 0 aromatic heterocycles. The Morgan fingerprint density at radius 1 is 1.00 bits per heavy atom. The molecule has 0 spiro atoms. The number of hydrogen-bond acceptors (Lipinski definition) is 6. The number of carboxylic acid groups (broad SMARTS) is 2. The van der Waals surface area contributed by atoms with Crippen molar-refractivity contribution in [3.8, 4) is 11.1 Å². The highest BCUT2D eigenvalue weighted by Gasteiger charge is 2.28. The number of carboxylic acids is 2. The van der Waals surface area contributed by atoms with Gasteiger partial charge in [-0.25, -0.2) is 14.4 Å². The van der Waals surface area contributed by atoms with Crippen LogP contribution in [0.25, 0.3) is 11.1 Å². The number of carbonyl (C=O) groups excluding carboxylic acids is 2. The molecule has 2 aliphatic rings. The average molecular weight is 375 g/mol. The number of nitrogen functional groups attached to an aromatic ring is 1. The van der Waals surface area contributed by atoms with Crippen LogP contribution in [0, 0.1) is 0 Å². The van der Waals surface area contributed by atoms with E-state index in [1.807, 2.05) is 5.48 Å². The summed E-state index contributed by atoms with van der Waals surface area (Å²) < 4.78 is 0. The van der Waals surface area contributed by atoms with E-state index in [0.717, 1.165) is 4.90 Å². The Balaban J connectivity index is 2.33. The SMILES string of the molecule is CN(C)C(=O)ONC(=O)Cc1ccc2c(C(=O)O)c(N)c(C(=O)O)c-2cc1. The maximum absolute atomic E-state index is 11.9. The van der Waals surface area contributed by atoms with Gasteiger partial charge in [0.1, 0.15) is 0 Å². The van der Waals surface area contributed by atoms with Crippen LogP contribution in [-0.2, 0) is 16.1 Å². The topological polar surface area (TPSA) is 159 Å². The van der Waals surface area contributed by atoms with E-state index in [9.17, 15) is 29.4 Å². The molecule has 0 radical (unpaired) electrons. The summed E-state index contributed by atoms with van der Waals surface area (Å²) >= 11 is 0. The van der Waals surface area contributed by atoms with Gasteiger partial charge in [-0.1, -0.05) is 24.3 Å². The van der Waals surface area contributed by atoms with Crippen LogP contribution in [-0.4, -0.2) is 53.1 Å². The van der Waals surface area contributed by atoms with Crippen molar-refractivity contribution in [2.75, 3.05) is 19.8 Å². The number of fused-ring (bicyclic) bond motifs is 1. The Bertz CT molecular complexity index is 856. The standard InChI is InChI=1S/C17H17N3O7/c1-20(2)17(26)27-19-11(21)7-8-3-5-9-10(6-4-8)13(16(24)25)14(18)12(9)15(22)23/h3-6H,7,18H2,1-2H3,(H,19,21)(H,22,23)(H,24,25). The molecule has 0 bridgehead atoms. The van der Waals surface area contributed by atoms with Crippen molar-refractivity contribution in [3.63, 3.8) is 0 Å². The zero-order valence-corrected chi connectivity index (χ0v) is 14.5. The van der Waals surface area contributed by atoms with Gasteiger partial charge in [0.05, 0.1) is 23.2 Å². The van der Waals surface area contributed by atoms with Gasteiger partial charge in [-0.3, -0.25) is 4.79 Å². The summed E-state index contributed by atoms with van der Waals surface area (Å²) in [6, 6.07) is 5.70. The summed E-state index contributed by atoms with van der Waals surface area (Å²) in [5.41, 5.74) is 7.45. The van der Waals surface area contributed by atoms with E-state index < -0.39 is 23.9 Å². The third kappa shape index (κ3) is 4.06. The van der Waals surface area contributed by atoms with Crippen LogP contribution < -0.4 is 11.2 Å². The van der Waals surface area contributed by atoms with Gasteiger partial charge >= 0.3 is 18.0 Å². The molecule has 0 saturated heterocycles. The van der Waals surface area contributed by atoms with Crippen LogP contribution in [0.3, 0.4) is 0 Å². The highest BCUT2D eigenvalue weighted by atomic mass is 16.7. The Morgan fingerprint density at radius 2 is 1.48 bits per heavy atom. The maximum Gasteiger partial charge on any atom is 0.433 e. The minimum Gasteiger partial charge on any atom is -0.478 e. The summed E-state index contributed by atoms with van der Waals surface area (Å²) in [5.74, 6) is -3.33. The first-order chi connectivity index (χ1) is 12.6. The van der Waals surface area contributed by atoms with Crippen LogP contribution in [0.1, 0.15) is 26.3 Å². The van der Waals surface area contributed by atoms with E-state index in [1.165, 1.54) is 38.4 Å². The number of hydrogen-bond donors (Lipinski definition) is 4. The third-order valence-corrected chi connectivity index (χ3v) is 3.71. The predicted octanol–water partition coefficient (Wildman–Crippen LogP) is 1.04. The first-order valence-electron chi connectivity index (χ1n) is 7.61. The lowest BCUT2D eigenvalue weighted by Crippen LogP contribution is -2.33. The second kappa shape index (κ2) is 7.60. The largest absolute Gasteiger partial charge is 0.478 e. The van der Waals surface area contributed by atoms with E-state index in [0.29, 0.717) is 5.56 Å². The molecule has 142 valence electrons. The van der Waals surface area contributed by atoms with Gasteiger partial charge in [-0.05, 0) is 16.7 Å². The van der Waals surface area contributed by atoms with E-state index in [-0.39, 0.29) is 34.4 Å². The number of anilines is 1. The van der Waals surface area contributed by atoms with Crippen molar-refractivity contribution in [1.82, 2.24) is 10.4 Å². The highest BCUT2D eigenvalue weighted by Crippen LogP contribution is 2.38. The van der Waals surface area contributed by atoms with Crippen LogP contribution in [0.5, 0.6) is 0 Å². The zero-order chi connectivity index (χ0) is 20.3. The molecule has 10 nitrogen and oxygen atoms in total. The first-order valence-corrected chi connectivity index (χ1v) is 7.61. The van der Waals surface area contributed by atoms with E-state index in [1.54, 1.807) is 0 Å². The molecule has 0 aliphatic heterocycles. The third-order valence-electron chi connectivity index (χ3n) is 3.71. The zero-order valence-electron chi connectivity index (χ0n) is 14.5. The fourth-order valence-corrected chi connectivity index (χ4v) is 2.46. The van der Waals surface area contributed by atoms with Gasteiger partial charge in [-0.2, -0.15) is 5.48 Å². The van der Waals surface area contributed by atoms with Crippen LogP contribution >= 0.6 is 0 Å². The molecule has 0 aromatic rings. The van der Waals surface area contributed by atoms with Crippen molar-refractivity contribution < 1.29 is 34.2 Å². The number of aromatic carboxylic acids is 2. The molecular weight excluding hydrogens is 358 g/mol. The molecule has 2 aliphatic carbocycles. The average Bonchev–Trinajstić information content (AvgIpc) is 2.72. The van der Waals surface area contributed by atoms with Gasteiger partial charge in [0, 0.05) is 14.1 Å². The van der Waals surface area contributed by atoms with E-state index in [4.69, 9.17) is 5.73 Å². The van der Waals surface area contributed by atoms with Crippen LogP contribution in [0.4, 0.5) is 10.5 Å². The number of carbonyl (C=O) groups is 4. The molecular formula is C17H17N3O7. The van der Waals surface area contributed by atoms with Crippen LogP contribution in [0.15, 0.2) is 24.3 Å². The number of nitrogens with two attached hydrogens (primary N) is 1. The molecule has 0 heterocycles. The molecule has 0 aromatic carbocycles. The Labute approximate surface area is 153 Å². The van der Waals surface area contributed by atoms with Crippen molar-refractivity contribution in [2.45, 2.75) is 6.42 Å². The molecule has 2 rings (SSSR count). The van der Waals surface area contributed by atoms with Crippen molar-refractivity contribution in [1.29, 1.82) is 0 Å². The second-order valence-electron chi connectivity index (χ2n) is 5.81. The van der Waals surface area contributed by atoms with Gasteiger partial charge in [0.2, 0.25) is 0 Å². The number of nitrogens with one attached hydrogen (secondary N) is 1. The van der Waals surface area contributed by atoms with Crippen molar-refractivity contribution in [2.24, 2.45) is 0 Å². The lowest BCUT2D eigenvalue weighted by molar-refractivity contribution is -0.129. The maximum atomic E-state index is 11.9. The summed E-state index contributed by atoms with van der Waals surface area (Å²) in [6.45, 7) is 0. The lowest BCUT2D eigenvalue weighted by atomic mass is 10.1. The number of hydroxylamine groups is 1. The molecule has 5 N–H and O–H groups in total. The smallest absolute Gasteiger partial charge is 0.433 e. The molecule has 27 heavy (non-hydrogen) atoms. The highest BCUT2D eigenvalue weighted by molar-refractivity contribution is 6.14. The Kier molecular flexibility index (Phi) is 5.49. The Morgan fingerprint density at radius 3 is 1.89 bits per heavy atom. The number of rotatable bonds is 4. The molecule has 0 saturated carbocycles. The van der Waals surface area contributed by atoms with Gasteiger partial charge in [0.25, 0.3) is 5.91 Å². The van der Waals surface area contributed by atoms with E-state index in [2.05, 4.69) is 4.84 Å². The van der Waals surface area contributed by atoms with Gasteiger partial charge in [-0.15, -0.1) is 0 Å². The Hall–Kier alpha value is -3.82. The molecule has 2 amide bonds. The normalized spacial score (nSPS) is 10.3. The molecule has 0 atom stereocenters. The van der Waals surface area contributed by atoms with Crippen molar-refractivity contribution >= 4 is 29.6 Å². The fraction of sp³-hybridized carbons (Fsp3) is 0.176. The summed E-state index contributed by atoms with van der Waals surface area (Å²) in [6.07, 6.45) is -0.938. The molecule has 10 heteroatoms. The quantitative estimate of drug-likeness (QED) is 0.577. The summed E-state index contributed by atoms with van der Waals surface area (Å²) in [5, 5.41) is 18.7. The molecule has 0 fully saturated rings. The minimum atomic E-state index is -1.36. The van der Waals surface area contributed by atoms with Crippen molar-refractivity contribution in [3.05, 3.63) is 41.0 Å². The summed E-state index contributed by atoms with van der Waals surface area (Å²) in [7, 11) is 2.89. The van der Waals surface area contributed by atoms with E-state index >= 15 is 0 Å². The fourth-order valence-electron chi connectivity index (χ4n) is 2.46. The predicted molar refractivity (Wildman–Crippen MR) is 93.4 cm³/mol. The monoisotopic (exact) mass is 375 g/mol.